The van der Waals surface area contributed by atoms with Crippen molar-refractivity contribution in [3.63, 3.8) is 0 Å². The van der Waals surface area contributed by atoms with Gasteiger partial charge in [-0.2, -0.15) is 7.05 Å². The van der Waals surface area contributed by atoms with Crippen molar-refractivity contribution in [1.29, 1.82) is 0 Å². The van der Waals surface area contributed by atoms with E-state index in [0.29, 0.717) is 17.3 Å². The fourth-order valence-corrected chi connectivity index (χ4v) is 4.24. The normalized spacial score (nSPS) is 42.2. The number of nitrogens with zero attached hydrogens (tertiary/aromatic N) is 1. The maximum atomic E-state index is 4.91. The van der Waals surface area contributed by atoms with E-state index < -0.39 is 0 Å². The first-order chi connectivity index (χ1) is 7.95. The Morgan fingerprint density at radius 3 is 2.65 bits per heavy atom. The van der Waals surface area contributed by atoms with Crippen molar-refractivity contribution >= 4 is 0 Å². The Bertz CT molecular complexity index is 317. The molecule has 0 aliphatic heterocycles. The number of hydrogen-bond donors (Lipinski definition) is 0. The third-order valence-electron chi connectivity index (χ3n) is 5.57. The minimum atomic E-state index is 0.128. The first kappa shape index (κ1) is 13.1. The van der Waals surface area contributed by atoms with Gasteiger partial charge in [0.05, 0.1) is 0 Å². The Balaban J connectivity index is 2.44. The van der Waals surface area contributed by atoms with Crippen LogP contribution in [0, 0.1) is 17.3 Å². The molecule has 1 fully saturated rings. The molecule has 0 heterocycles. The van der Waals surface area contributed by atoms with Gasteiger partial charge in [0.15, 0.2) is 0 Å². The van der Waals surface area contributed by atoms with Gasteiger partial charge in [0.2, 0.25) is 0 Å². The molecule has 0 radical (unpaired) electrons. The molecule has 1 heteroatoms. The topological polar surface area (TPSA) is 14.1 Å². The third kappa shape index (κ3) is 1.87. The standard InChI is InChI=1S/C16H28N/c1-12(2)14-8-10-15(4)9-6-7-13(3)16(15,11-14)17-5/h11-13H,6-10H2,1-5H3/q-1/t13-,15-,16-/m0/s1. The first-order valence-electron chi connectivity index (χ1n) is 7.28. The van der Waals surface area contributed by atoms with E-state index in [-0.39, 0.29) is 5.54 Å². The van der Waals surface area contributed by atoms with E-state index in [4.69, 9.17) is 5.32 Å². The average molecular weight is 234 g/mol. The lowest BCUT2D eigenvalue weighted by atomic mass is 9.53. The highest BCUT2D eigenvalue weighted by Gasteiger charge is 2.46. The molecule has 0 amide bonds. The summed E-state index contributed by atoms with van der Waals surface area (Å²) < 4.78 is 0. The zero-order chi connectivity index (χ0) is 12.7. The molecule has 0 aromatic heterocycles. The molecule has 1 nitrogen and oxygen atoms in total. The molecular weight excluding hydrogens is 206 g/mol. The van der Waals surface area contributed by atoms with Gasteiger partial charge in [-0.25, -0.2) is 0 Å². The third-order valence-corrected chi connectivity index (χ3v) is 5.57. The monoisotopic (exact) mass is 234 g/mol. The molecule has 0 spiro atoms. The molecular formula is C16H28N-. The zero-order valence-electron chi connectivity index (χ0n) is 12.2. The van der Waals surface area contributed by atoms with Crippen LogP contribution in [0.5, 0.6) is 0 Å². The summed E-state index contributed by atoms with van der Waals surface area (Å²) >= 11 is 0. The highest BCUT2D eigenvalue weighted by Crippen LogP contribution is 2.58. The van der Waals surface area contributed by atoms with E-state index in [1.807, 2.05) is 7.05 Å². The lowest BCUT2D eigenvalue weighted by Crippen LogP contribution is -2.53. The minimum absolute atomic E-state index is 0.128. The van der Waals surface area contributed by atoms with Gasteiger partial charge in [-0.1, -0.05) is 63.6 Å². The summed E-state index contributed by atoms with van der Waals surface area (Å²) in [5.74, 6) is 1.40. The van der Waals surface area contributed by atoms with Crippen molar-refractivity contribution in [3.05, 3.63) is 17.0 Å². The van der Waals surface area contributed by atoms with Gasteiger partial charge in [-0.05, 0) is 30.6 Å². The van der Waals surface area contributed by atoms with Crippen molar-refractivity contribution in [1.82, 2.24) is 0 Å². The highest BCUT2D eigenvalue weighted by molar-refractivity contribution is 5.34. The van der Waals surface area contributed by atoms with E-state index in [2.05, 4.69) is 33.8 Å². The number of hydrogen-bond acceptors (Lipinski definition) is 0. The van der Waals surface area contributed by atoms with Crippen LogP contribution in [0.1, 0.15) is 59.8 Å². The van der Waals surface area contributed by atoms with Crippen LogP contribution in [0.2, 0.25) is 0 Å². The lowest BCUT2D eigenvalue weighted by Gasteiger charge is -2.65. The molecule has 0 aromatic carbocycles. The zero-order valence-corrected chi connectivity index (χ0v) is 12.2. The summed E-state index contributed by atoms with van der Waals surface area (Å²) in [6.45, 7) is 9.53. The quantitative estimate of drug-likeness (QED) is 0.601. The molecule has 2 aliphatic carbocycles. The van der Waals surface area contributed by atoms with Crippen LogP contribution >= 0.6 is 0 Å². The Labute approximate surface area is 107 Å². The molecule has 1 saturated carbocycles. The van der Waals surface area contributed by atoms with Gasteiger partial charge in [0.1, 0.15) is 0 Å². The first-order valence-corrected chi connectivity index (χ1v) is 7.28. The maximum absolute atomic E-state index is 4.91. The summed E-state index contributed by atoms with van der Waals surface area (Å²) in [4.78, 5) is 0. The van der Waals surface area contributed by atoms with Crippen molar-refractivity contribution < 1.29 is 0 Å². The predicted octanol–water partition coefficient (Wildman–Crippen LogP) is 4.93. The van der Waals surface area contributed by atoms with E-state index in [0.717, 1.165) is 0 Å². The average Bonchev–Trinajstić information content (AvgIpc) is 2.28. The van der Waals surface area contributed by atoms with Crippen LogP contribution in [-0.4, -0.2) is 12.6 Å². The number of likely N-dealkylation sites (N-methyl/N-ethyl adjacent to an activating group) is 1. The Hall–Kier alpha value is -0.300. The van der Waals surface area contributed by atoms with Crippen LogP contribution in [0.4, 0.5) is 0 Å². The second-order valence-electron chi connectivity index (χ2n) is 6.78. The lowest BCUT2D eigenvalue weighted by molar-refractivity contribution is 0.0729. The second kappa shape index (κ2) is 4.42. The van der Waals surface area contributed by atoms with Crippen LogP contribution in [-0.2, 0) is 0 Å². The smallest absolute Gasteiger partial charge is 0.0261 e. The van der Waals surface area contributed by atoms with E-state index in [1.165, 1.54) is 32.1 Å². The van der Waals surface area contributed by atoms with E-state index in [1.54, 1.807) is 5.57 Å². The van der Waals surface area contributed by atoms with Crippen molar-refractivity contribution in [2.24, 2.45) is 17.3 Å². The van der Waals surface area contributed by atoms with Crippen LogP contribution < -0.4 is 0 Å². The fourth-order valence-electron chi connectivity index (χ4n) is 4.24. The molecule has 0 saturated heterocycles. The SMILES string of the molecule is C[N-][C@]12C=C(C(C)C)CC[C@]1(C)CCC[C@@H]2C. The molecule has 0 aromatic rings. The van der Waals surface area contributed by atoms with Gasteiger partial charge in [-0.15, -0.1) is 0 Å². The number of rotatable bonds is 2. The molecule has 17 heavy (non-hydrogen) atoms. The summed E-state index contributed by atoms with van der Waals surface area (Å²) in [5, 5.41) is 4.91. The molecule has 3 atom stereocenters. The highest BCUT2D eigenvalue weighted by atomic mass is 15.0. The fraction of sp³-hybridized carbons (Fsp3) is 0.875. The van der Waals surface area contributed by atoms with Crippen molar-refractivity contribution in [2.45, 2.75) is 65.3 Å². The van der Waals surface area contributed by atoms with Gasteiger partial charge in [0.25, 0.3) is 0 Å². The van der Waals surface area contributed by atoms with Gasteiger partial charge < -0.3 is 5.32 Å². The summed E-state index contributed by atoms with van der Waals surface area (Å²) in [5.41, 5.74) is 2.18. The van der Waals surface area contributed by atoms with Crippen LogP contribution in [0.25, 0.3) is 5.32 Å². The van der Waals surface area contributed by atoms with Gasteiger partial charge in [-0.3, -0.25) is 0 Å². The van der Waals surface area contributed by atoms with Gasteiger partial charge >= 0.3 is 0 Å². The Morgan fingerprint density at radius 2 is 2.06 bits per heavy atom. The summed E-state index contributed by atoms with van der Waals surface area (Å²) in [6, 6.07) is 0. The molecule has 2 rings (SSSR count). The Kier molecular flexibility index (Phi) is 3.42. The number of allylic oxidation sites excluding steroid dienone is 1. The predicted molar refractivity (Wildman–Crippen MR) is 75.3 cm³/mol. The number of fused-ring (bicyclic) bond motifs is 1. The second-order valence-corrected chi connectivity index (χ2v) is 6.78. The van der Waals surface area contributed by atoms with Gasteiger partial charge in [0, 0.05) is 0 Å². The van der Waals surface area contributed by atoms with E-state index in [9.17, 15) is 0 Å². The van der Waals surface area contributed by atoms with Crippen molar-refractivity contribution in [3.8, 4) is 0 Å². The van der Waals surface area contributed by atoms with Crippen molar-refractivity contribution in [2.75, 3.05) is 7.05 Å². The molecule has 0 bridgehead atoms. The Morgan fingerprint density at radius 1 is 1.35 bits per heavy atom. The van der Waals surface area contributed by atoms with Crippen LogP contribution in [0.3, 0.4) is 0 Å². The molecule has 0 N–H and O–H groups in total. The van der Waals surface area contributed by atoms with Crippen LogP contribution in [0.15, 0.2) is 11.6 Å². The van der Waals surface area contributed by atoms with E-state index >= 15 is 0 Å². The summed E-state index contributed by atoms with van der Waals surface area (Å²) in [6.07, 6.45) is 9.27. The summed E-state index contributed by atoms with van der Waals surface area (Å²) in [7, 11) is 2.04. The molecule has 2 aliphatic rings. The maximum Gasteiger partial charge on any atom is -0.0261 e. The minimum Gasteiger partial charge on any atom is -0.655 e. The molecule has 0 unspecified atom stereocenters. The largest absolute Gasteiger partial charge is 0.655 e. The molecule has 98 valence electrons.